The Morgan fingerprint density at radius 1 is 1.09 bits per heavy atom. The Morgan fingerprint density at radius 3 is 2.55 bits per heavy atom. The fraction of sp³-hybridized carbons (Fsp3) is 0.0625. The van der Waals surface area contributed by atoms with Crippen molar-refractivity contribution in [3.05, 3.63) is 70.5 Å². The zero-order valence-corrected chi connectivity index (χ0v) is 13.1. The van der Waals surface area contributed by atoms with Crippen LogP contribution in [0.3, 0.4) is 0 Å². The number of halogens is 1. The molecule has 2 aromatic carbocycles. The van der Waals surface area contributed by atoms with Gasteiger partial charge in [0.15, 0.2) is 0 Å². The SMILES string of the molecule is O=C(NCc1nc(-c2ccccc2)no1)c1ccc(Br)cc1. The minimum Gasteiger partial charge on any atom is -0.343 e. The van der Waals surface area contributed by atoms with Gasteiger partial charge in [-0.25, -0.2) is 0 Å². The van der Waals surface area contributed by atoms with Crippen LogP contribution in [0.5, 0.6) is 0 Å². The Bertz CT molecular complexity index is 770. The molecular weight excluding hydrogens is 346 g/mol. The molecule has 0 radical (unpaired) electrons. The van der Waals surface area contributed by atoms with Crippen molar-refractivity contribution in [1.82, 2.24) is 15.5 Å². The van der Waals surface area contributed by atoms with E-state index >= 15 is 0 Å². The maximum Gasteiger partial charge on any atom is 0.251 e. The number of nitrogens with zero attached hydrogens (tertiary/aromatic N) is 2. The van der Waals surface area contributed by atoms with Gasteiger partial charge in [0, 0.05) is 15.6 Å². The van der Waals surface area contributed by atoms with Crippen molar-refractivity contribution < 1.29 is 9.32 Å². The molecule has 0 aliphatic rings. The molecule has 0 aliphatic carbocycles. The van der Waals surface area contributed by atoms with Gasteiger partial charge in [-0.2, -0.15) is 4.98 Å². The molecule has 1 heterocycles. The van der Waals surface area contributed by atoms with Crippen molar-refractivity contribution in [2.24, 2.45) is 0 Å². The lowest BCUT2D eigenvalue weighted by molar-refractivity contribution is 0.0946. The van der Waals surface area contributed by atoms with E-state index in [0.29, 0.717) is 17.3 Å². The van der Waals surface area contributed by atoms with E-state index in [1.54, 1.807) is 12.1 Å². The molecule has 0 unspecified atom stereocenters. The van der Waals surface area contributed by atoms with Crippen LogP contribution in [-0.4, -0.2) is 16.0 Å². The summed E-state index contributed by atoms with van der Waals surface area (Å²) in [6.45, 7) is 0.189. The fourth-order valence-electron chi connectivity index (χ4n) is 1.89. The van der Waals surface area contributed by atoms with Crippen LogP contribution < -0.4 is 5.32 Å². The standard InChI is InChI=1S/C16H12BrN3O2/c17-13-8-6-12(7-9-13)16(21)18-10-14-19-15(20-22-14)11-4-2-1-3-5-11/h1-9H,10H2,(H,18,21). The van der Waals surface area contributed by atoms with Crippen LogP contribution in [0, 0.1) is 0 Å². The summed E-state index contributed by atoms with van der Waals surface area (Å²) >= 11 is 3.33. The number of carbonyl (C=O) groups excluding carboxylic acids is 1. The lowest BCUT2D eigenvalue weighted by atomic mass is 10.2. The van der Waals surface area contributed by atoms with E-state index in [0.717, 1.165) is 10.0 Å². The fourth-order valence-corrected chi connectivity index (χ4v) is 2.15. The molecule has 0 atom stereocenters. The first-order valence-corrected chi connectivity index (χ1v) is 7.43. The van der Waals surface area contributed by atoms with Gasteiger partial charge in [-0.1, -0.05) is 51.4 Å². The monoisotopic (exact) mass is 357 g/mol. The molecule has 5 nitrogen and oxygen atoms in total. The second-order valence-corrected chi connectivity index (χ2v) is 5.48. The molecular formula is C16H12BrN3O2. The number of aromatic nitrogens is 2. The Balaban J connectivity index is 1.64. The van der Waals surface area contributed by atoms with Crippen LogP contribution >= 0.6 is 15.9 Å². The number of carbonyl (C=O) groups is 1. The van der Waals surface area contributed by atoms with Gasteiger partial charge in [0.1, 0.15) is 0 Å². The molecule has 0 saturated carbocycles. The number of hydrogen-bond donors (Lipinski definition) is 1. The number of amides is 1. The Morgan fingerprint density at radius 2 is 1.82 bits per heavy atom. The average molecular weight is 358 g/mol. The van der Waals surface area contributed by atoms with E-state index in [2.05, 4.69) is 31.4 Å². The highest BCUT2D eigenvalue weighted by atomic mass is 79.9. The smallest absolute Gasteiger partial charge is 0.251 e. The van der Waals surface area contributed by atoms with Crippen molar-refractivity contribution in [2.75, 3.05) is 0 Å². The molecule has 6 heteroatoms. The predicted octanol–water partition coefficient (Wildman–Crippen LogP) is 3.43. The van der Waals surface area contributed by atoms with Gasteiger partial charge in [0.25, 0.3) is 5.91 Å². The zero-order chi connectivity index (χ0) is 15.4. The summed E-state index contributed by atoms with van der Waals surface area (Å²) in [6.07, 6.45) is 0. The quantitative estimate of drug-likeness (QED) is 0.776. The number of nitrogens with one attached hydrogen (secondary N) is 1. The molecule has 1 amide bonds. The Kier molecular flexibility index (Phi) is 4.29. The maximum absolute atomic E-state index is 12.0. The predicted molar refractivity (Wildman–Crippen MR) is 85.0 cm³/mol. The zero-order valence-electron chi connectivity index (χ0n) is 11.5. The van der Waals surface area contributed by atoms with Crippen LogP contribution in [0.25, 0.3) is 11.4 Å². The Hall–Kier alpha value is -2.47. The molecule has 22 heavy (non-hydrogen) atoms. The molecule has 3 aromatic rings. The van der Waals surface area contributed by atoms with Crippen molar-refractivity contribution in [3.8, 4) is 11.4 Å². The molecule has 1 aromatic heterocycles. The lowest BCUT2D eigenvalue weighted by Gasteiger charge is -2.02. The number of hydrogen-bond acceptors (Lipinski definition) is 4. The highest BCUT2D eigenvalue weighted by molar-refractivity contribution is 9.10. The molecule has 0 spiro atoms. The van der Waals surface area contributed by atoms with Crippen molar-refractivity contribution in [2.45, 2.75) is 6.54 Å². The van der Waals surface area contributed by atoms with E-state index < -0.39 is 0 Å². The van der Waals surface area contributed by atoms with Crippen LogP contribution in [0.1, 0.15) is 16.2 Å². The van der Waals surface area contributed by atoms with Gasteiger partial charge in [-0.15, -0.1) is 0 Å². The normalized spacial score (nSPS) is 10.4. The minimum atomic E-state index is -0.188. The van der Waals surface area contributed by atoms with Crippen molar-refractivity contribution in [3.63, 3.8) is 0 Å². The molecule has 0 fully saturated rings. The molecule has 110 valence electrons. The lowest BCUT2D eigenvalue weighted by Crippen LogP contribution is -2.22. The summed E-state index contributed by atoms with van der Waals surface area (Å²) in [5.74, 6) is 0.685. The first kappa shape index (κ1) is 14.5. The summed E-state index contributed by atoms with van der Waals surface area (Å²) in [5, 5.41) is 6.65. The molecule has 0 saturated heterocycles. The van der Waals surface area contributed by atoms with Crippen LogP contribution in [0.2, 0.25) is 0 Å². The van der Waals surface area contributed by atoms with Crippen molar-refractivity contribution >= 4 is 21.8 Å². The third-order valence-corrected chi connectivity index (χ3v) is 3.54. The molecule has 0 aliphatic heterocycles. The van der Waals surface area contributed by atoms with E-state index in [4.69, 9.17) is 4.52 Å². The first-order valence-electron chi connectivity index (χ1n) is 6.64. The van der Waals surface area contributed by atoms with Crippen molar-refractivity contribution in [1.29, 1.82) is 0 Å². The third-order valence-electron chi connectivity index (χ3n) is 3.01. The summed E-state index contributed by atoms with van der Waals surface area (Å²) in [7, 11) is 0. The van der Waals surface area contributed by atoms with E-state index in [1.165, 1.54) is 0 Å². The maximum atomic E-state index is 12.0. The van der Waals surface area contributed by atoms with E-state index in [9.17, 15) is 4.79 Å². The topological polar surface area (TPSA) is 68.0 Å². The van der Waals surface area contributed by atoms with Gasteiger partial charge in [-0.3, -0.25) is 4.79 Å². The first-order chi connectivity index (χ1) is 10.7. The molecule has 3 rings (SSSR count). The summed E-state index contributed by atoms with van der Waals surface area (Å²) in [4.78, 5) is 16.3. The minimum absolute atomic E-state index is 0.188. The average Bonchev–Trinajstić information content (AvgIpc) is 3.03. The summed E-state index contributed by atoms with van der Waals surface area (Å²) < 4.78 is 6.07. The highest BCUT2D eigenvalue weighted by Crippen LogP contribution is 2.15. The second-order valence-electron chi connectivity index (χ2n) is 4.57. The molecule has 0 bridgehead atoms. The van der Waals surface area contributed by atoms with Crippen LogP contribution in [0.4, 0.5) is 0 Å². The van der Waals surface area contributed by atoms with Gasteiger partial charge in [0.2, 0.25) is 11.7 Å². The number of rotatable bonds is 4. The Labute approximate surface area is 135 Å². The van der Waals surface area contributed by atoms with Crippen LogP contribution in [-0.2, 0) is 6.54 Å². The largest absolute Gasteiger partial charge is 0.343 e. The van der Waals surface area contributed by atoms with E-state index in [1.807, 2.05) is 42.5 Å². The van der Waals surface area contributed by atoms with Gasteiger partial charge in [-0.05, 0) is 24.3 Å². The highest BCUT2D eigenvalue weighted by Gasteiger charge is 2.10. The van der Waals surface area contributed by atoms with Gasteiger partial charge < -0.3 is 9.84 Å². The van der Waals surface area contributed by atoms with Crippen LogP contribution in [0.15, 0.2) is 63.6 Å². The second kappa shape index (κ2) is 6.53. The third kappa shape index (κ3) is 3.40. The van der Waals surface area contributed by atoms with E-state index in [-0.39, 0.29) is 12.5 Å². The number of benzene rings is 2. The summed E-state index contributed by atoms with van der Waals surface area (Å²) in [6, 6.07) is 16.6. The van der Waals surface area contributed by atoms with Gasteiger partial charge in [0.05, 0.1) is 6.54 Å². The summed E-state index contributed by atoms with van der Waals surface area (Å²) in [5.41, 5.74) is 1.45. The van der Waals surface area contributed by atoms with Gasteiger partial charge >= 0.3 is 0 Å². The molecule has 1 N–H and O–H groups in total.